The first-order valence-electron chi connectivity index (χ1n) is 10.9. The molecule has 1 aliphatic carbocycles. The minimum atomic E-state index is -0.503. The third-order valence-electron chi connectivity index (χ3n) is 5.91. The van der Waals surface area contributed by atoms with Gasteiger partial charge in [0.2, 0.25) is 0 Å². The van der Waals surface area contributed by atoms with Gasteiger partial charge in [-0.3, -0.25) is 9.59 Å². The zero-order chi connectivity index (χ0) is 22.7. The SMILES string of the molecule is CCOc1ccccc1C1C(C(=O)Nc2ccccc2OC)=C(C)NC2=C1C(=O)CCC2. The highest BCUT2D eigenvalue weighted by Crippen LogP contribution is 2.45. The molecule has 2 aromatic rings. The highest BCUT2D eigenvalue weighted by Gasteiger charge is 2.39. The van der Waals surface area contributed by atoms with E-state index in [2.05, 4.69) is 10.6 Å². The number of Topliss-reactive ketones (excluding diaryl/α,β-unsaturated/α-hetero) is 1. The van der Waals surface area contributed by atoms with Gasteiger partial charge in [0, 0.05) is 34.5 Å². The number of para-hydroxylation sites is 3. The molecule has 0 bridgehead atoms. The number of ether oxygens (including phenoxy) is 2. The third kappa shape index (κ3) is 4.00. The second-order valence-corrected chi connectivity index (χ2v) is 7.89. The molecule has 2 aliphatic rings. The fourth-order valence-corrected chi connectivity index (χ4v) is 4.54. The second kappa shape index (κ2) is 9.30. The summed E-state index contributed by atoms with van der Waals surface area (Å²) in [6, 6.07) is 14.9. The molecule has 2 N–H and O–H groups in total. The van der Waals surface area contributed by atoms with E-state index in [1.807, 2.05) is 50.2 Å². The van der Waals surface area contributed by atoms with Crippen LogP contribution in [0.3, 0.4) is 0 Å². The van der Waals surface area contributed by atoms with Crippen LogP contribution in [0.2, 0.25) is 0 Å². The minimum Gasteiger partial charge on any atom is -0.495 e. The largest absolute Gasteiger partial charge is 0.495 e. The average Bonchev–Trinajstić information content (AvgIpc) is 2.79. The van der Waals surface area contributed by atoms with Gasteiger partial charge in [0.15, 0.2) is 5.78 Å². The van der Waals surface area contributed by atoms with E-state index < -0.39 is 5.92 Å². The molecule has 0 fully saturated rings. The predicted molar refractivity (Wildman–Crippen MR) is 124 cm³/mol. The van der Waals surface area contributed by atoms with Crippen LogP contribution in [0.1, 0.15) is 44.6 Å². The van der Waals surface area contributed by atoms with E-state index in [9.17, 15) is 9.59 Å². The lowest BCUT2D eigenvalue weighted by Crippen LogP contribution is -2.35. The first-order valence-corrected chi connectivity index (χ1v) is 10.9. The maximum atomic E-state index is 13.6. The number of benzene rings is 2. The zero-order valence-corrected chi connectivity index (χ0v) is 18.7. The lowest BCUT2D eigenvalue weighted by molar-refractivity contribution is -0.116. The van der Waals surface area contributed by atoms with Gasteiger partial charge in [-0.2, -0.15) is 0 Å². The molecule has 0 radical (unpaired) electrons. The Morgan fingerprint density at radius 2 is 1.81 bits per heavy atom. The smallest absolute Gasteiger partial charge is 0.254 e. The third-order valence-corrected chi connectivity index (χ3v) is 5.91. The molecule has 166 valence electrons. The summed E-state index contributed by atoms with van der Waals surface area (Å²) >= 11 is 0. The van der Waals surface area contributed by atoms with E-state index in [-0.39, 0.29) is 11.7 Å². The fraction of sp³-hybridized carbons (Fsp3) is 0.308. The molecule has 0 saturated carbocycles. The summed E-state index contributed by atoms with van der Waals surface area (Å²) in [5.41, 5.74) is 4.22. The van der Waals surface area contributed by atoms with Gasteiger partial charge in [-0.15, -0.1) is 0 Å². The van der Waals surface area contributed by atoms with Gasteiger partial charge in [0.05, 0.1) is 25.3 Å². The lowest BCUT2D eigenvalue weighted by atomic mass is 9.74. The van der Waals surface area contributed by atoms with Crippen molar-refractivity contribution in [1.29, 1.82) is 0 Å². The number of nitrogens with one attached hydrogen (secondary N) is 2. The molecule has 1 heterocycles. The Hall–Kier alpha value is -3.54. The number of anilines is 1. The van der Waals surface area contributed by atoms with E-state index >= 15 is 0 Å². The van der Waals surface area contributed by atoms with Crippen molar-refractivity contribution in [3.05, 3.63) is 76.6 Å². The van der Waals surface area contributed by atoms with Gasteiger partial charge in [0.1, 0.15) is 11.5 Å². The van der Waals surface area contributed by atoms with E-state index in [1.165, 1.54) is 0 Å². The van der Waals surface area contributed by atoms with E-state index in [0.29, 0.717) is 41.4 Å². The van der Waals surface area contributed by atoms with Crippen molar-refractivity contribution in [2.45, 2.75) is 39.0 Å². The van der Waals surface area contributed by atoms with Crippen molar-refractivity contribution in [3.63, 3.8) is 0 Å². The van der Waals surface area contributed by atoms with Crippen LogP contribution in [0.15, 0.2) is 71.1 Å². The van der Waals surface area contributed by atoms with Gasteiger partial charge < -0.3 is 20.1 Å². The summed E-state index contributed by atoms with van der Waals surface area (Å²) in [6.45, 7) is 4.30. The number of rotatable bonds is 6. The molecule has 1 aliphatic heterocycles. The van der Waals surface area contributed by atoms with Crippen molar-refractivity contribution in [2.24, 2.45) is 0 Å². The Morgan fingerprint density at radius 1 is 1.09 bits per heavy atom. The van der Waals surface area contributed by atoms with E-state index in [4.69, 9.17) is 9.47 Å². The van der Waals surface area contributed by atoms with Crippen molar-refractivity contribution in [1.82, 2.24) is 5.32 Å². The Balaban J connectivity index is 1.83. The quantitative estimate of drug-likeness (QED) is 0.692. The normalized spacial score (nSPS) is 18.1. The predicted octanol–water partition coefficient (Wildman–Crippen LogP) is 4.70. The van der Waals surface area contributed by atoms with Crippen molar-refractivity contribution in [3.8, 4) is 11.5 Å². The van der Waals surface area contributed by atoms with Crippen molar-refractivity contribution in [2.75, 3.05) is 19.0 Å². The Morgan fingerprint density at radius 3 is 2.56 bits per heavy atom. The van der Waals surface area contributed by atoms with Crippen LogP contribution in [-0.4, -0.2) is 25.4 Å². The second-order valence-electron chi connectivity index (χ2n) is 7.89. The van der Waals surface area contributed by atoms with E-state index in [0.717, 1.165) is 29.8 Å². The van der Waals surface area contributed by atoms with Crippen LogP contribution < -0.4 is 20.1 Å². The van der Waals surface area contributed by atoms with Crippen LogP contribution in [-0.2, 0) is 9.59 Å². The Kier molecular flexibility index (Phi) is 6.30. The van der Waals surface area contributed by atoms with Crippen LogP contribution >= 0.6 is 0 Å². The topological polar surface area (TPSA) is 76.7 Å². The zero-order valence-electron chi connectivity index (χ0n) is 18.7. The number of ketones is 1. The Bertz CT molecular complexity index is 1120. The number of carbonyl (C=O) groups is 2. The van der Waals surface area contributed by atoms with Gasteiger partial charge in [-0.1, -0.05) is 30.3 Å². The number of methoxy groups -OCH3 is 1. The number of carbonyl (C=O) groups excluding carboxylic acids is 2. The number of allylic oxidation sites excluding steroid dienone is 3. The first kappa shape index (κ1) is 21.7. The molecule has 1 atom stereocenters. The Labute approximate surface area is 188 Å². The van der Waals surface area contributed by atoms with E-state index in [1.54, 1.807) is 19.2 Å². The van der Waals surface area contributed by atoms with Crippen LogP contribution in [0.4, 0.5) is 5.69 Å². The van der Waals surface area contributed by atoms with Gasteiger partial charge in [-0.25, -0.2) is 0 Å². The molecule has 6 nitrogen and oxygen atoms in total. The molecular weight excluding hydrogens is 404 g/mol. The summed E-state index contributed by atoms with van der Waals surface area (Å²) in [6.07, 6.45) is 2.07. The highest BCUT2D eigenvalue weighted by molar-refractivity contribution is 6.10. The van der Waals surface area contributed by atoms with Crippen molar-refractivity contribution < 1.29 is 19.1 Å². The molecule has 0 saturated heterocycles. The van der Waals surface area contributed by atoms with Gasteiger partial charge >= 0.3 is 0 Å². The molecular formula is C26H28N2O4. The fourth-order valence-electron chi connectivity index (χ4n) is 4.54. The summed E-state index contributed by atoms with van der Waals surface area (Å²) in [4.78, 5) is 26.7. The molecule has 2 aromatic carbocycles. The average molecular weight is 433 g/mol. The van der Waals surface area contributed by atoms with Gasteiger partial charge in [-0.05, 0) is 44.9 Å². The summed E-state index contributed by atoms with van der Waals surface area (Å²) in [7, 11) is 1.57. The molecule has 6 heteroatoms. The molecule has 0 aromatic heterocycles. The number of hydrogen-bond acceptors (Lipinski definition) is 5. The standard InChI is InChI=1S/C26H28N2O4/c1-4-32-21-14-7-5-10-17(21)24-23(16(2)27-19-12-9-13-20(29)25(19)24)26(30)28-18-11-6-8-15-22(18)31-3/h5-8,10-11,14-15,24,27H,4,9,12-13H2,1-3H3,(H,28,30). The molecule has 1 amide bonds. The number of hydrogen-bond donors (Lipinski definition) is 2. The van der Waals surface area contributed by atoms with Crippen LogP contribution in [0.25, 0.3) is 0 Å². The summed E-state index contributed by atoms with van der Waals surface area (Å²) < 4.78 is 11.3. The number of dihydropyridines is 1. The van der Waals surface area contributed by atoms with Crippen molar-refractivity contribution >= 4 is 17.4 Å². The summed E-state index contributed by atoms with van der Waals surface area (Å²) in [5, 5.41) is 6.34. The van der Waals surface area contributed by atoms with Gasteiger partial charge in [0.25, 0.3) is 5.91 Å². The monoisotopic (exact) mass is 432 g/mol. The lowest BCUT2D eigenvalue weighted by Gasteiger charge is -2.35. The van der Waals surface area contributed by atoms with Crippen LogP contribution in [0, 0.1) is 0 Å². The molecule has 1 unspecified atom stereocenters. The number of amides is 1. The van der Waals surface area contributed by atoms with Crippen LogP contribution in [0.5, 0.6) is 11.5 Å². The molecule has 32 heavy (non-hydrogen) atoms. The highest BCUT2D eigenvalue weighted by atomic mass is 16.5. The first-order chi connectivity index (χ1) is 15.5. The molecule has 4 rings (SSSR count). The summed E-state index contributed by atoms with van der Waals surface area (Å²) in [5.74, 6) is 0.549. The minimum absolute atomic E-state index is 0.0742. The molecule has 0 spiro atoms. The maximum absolute atomic E-state index is 13.6. The maximum Gasteiger partial charge on any atom is 0.254 e.